The van der Waals surface area contributed by atoms with Crippen LogP contribution in [0.1, 0.15) is 17.0 Å². The summed E-state index contributed by atoms with van der Waals surface area (Å²) in [6, 6.07) is 0. The van der Waals surface area contributed by atoms with Crippen molar-refractivity contribution in [2.75, 3.05) is 0 Å². The maximum Gasteiger partial charge on any atom is 0.252 e. The Morgan fingerprint density at radius 2 is 2.33 bits per heavy atom. The number of carbonyl (C=O) groups excluding carboxylic acids is 1. The number of nitrogens with zero attached hydrogens (tertiary/aromatic N) is 5. The molecule has 0 spiro atoms. The summed E-state index contributed by atoms with van der Waals surface area (Å²) in [6.45, 7) is 3.88. The van der Waals surface area contributed by atoms with Gasteiger partial charge in [0.1, 0.15) is 5.76 Å². The number of hydrogen-bond donors (Lipinski definition) is 1. The van der Waals surface area contributed by atoms with Crippen molar-refractivity contribution in [2.24, 2.45) is 15.8 Å². The lowest BCUT2D eigenvalue weighted by Gasteiger charge is -1.95. The molecule has 1 rings (SSSR count). The van der Waals surface area contributed by atoms with Gasteiger partial charge in [0.25, 0.3) is 5.91 Å². The van der Waals surface area contributed by atoms with Crippen LogP contribution in [-0.2, 0) is 11.3 Å². The van der Waals surface area contributed by atoms with Crippen molar-refractivity contribution in [1.29, 1.82) is 0 Å². The molecule has 0 unspecified atom stereocenters. The van der Waals surface area contributed by atoms with Crippen LogP contribution in [-0.4, -0.2) is 17.3 Å². The van der Waals surface area contributed by atoms with Crippen LogP contribution in [0.3, 0.4) is 0 Å². The van der Waals surface area contributed by atoms with Gasteiger partial charge in [-0.1, -0.05) is 5.16 Å². The Balaban J connectivity index is 2.76. The fourth-order valence-electron chi connectivity index (χ4n) is 1.23. The quantitative estimate of drug-likeness (QED) is 0.284. The highest BCUT2D eigenvalue weighted by molar-refractivity contribution is 6.12. The van der Waals surface area contributed by atoms with Gasteiger partial charge in [-0.15, -0.1) is 0 Å². The van der Waals surface area contributed by atoms with E-state index in [0.717, 1.165) is 17.5 Å². The minimum absolute atomic E-state index is 0.0274. The number of amides is 1. The molecule has 1 aromatic rings. The summed E-state index contributed by atoms with van der Waals surface area (Å²) in [5.41, 5.74) is 15.0. The molecule has 8 nitrogen and oxygen atoms in total. The van der Waals surface area contributed by atoms with E-state index in [1.807, 2.05) is 0 Å². The Labute approximate surface area is 103 Å². The highest BCUT2D eigenvalue weighted by Gasteiger charge is 2.08. The summed E-state index contributed by atoms with van der Waals surface area (Å²) < 4.78 is 4.97. The molecule has 0 bridgehead atoms. The van der Waals surface area contributed by atoms with E-state index in [1.165, 1.54) is 6.21 Å². The molecule has 1 aromatic heterocycles. The molecule has 0 saturated carbocycles. The lowest BCUT2D eigenvalue weighted by atomic mass is 10.2. The molecule has 0 saturated heterocycles. The van der Waals surface area contributed by atoms with Crippen LogP contribution in [0.25, 0.3) is 10.4 Å². The molecule has 0 aliphatic rings. The number of aliphatic imine (C=N–C) groups is 1. The van der Waals surface area contributed by atoms with E-state index >= 15 is 0 Å². The third-order valence-corrected chi connectivity index (χ3v) is 2.22. The number of rotatable bonds is 4. The van der Waals surface area contributed by atoms with Gasteiger partial charge in [0.2, 0.25) is 0 Å². The summed E-state index contributed by atoms with van der Waals surface area (Å²) in [5, 5.41) is 6.69. The van der Waals surface area contributed by atoms with Gasteiger partial charge in [-0.05, 0) is 24.5 Å². The number of carbonyl (C=O) groups is 1. The van der Waals surface area contributed by atoms with Crippen molar-refractivity contribution in [1.82, 2.24) is 5.16 Å². The van der Waals surface area contributed by atoms with Gasteiger partial charge in [0, 0.05) is 22.9 Å². The first-order chi connectivity index (χ1) is 8.60. The molecule has 94 valence electrons. The van der Waals surface area contributed by atoms with Crippen LogP contribution >= 0.6 is 0 Å². The zero-order valence-corrected chi connectivity index (χ0v) is 9.99. The summed E-state index contributed by atoms with van der Waals surface area (Å²) in [4.78, 5) is 17.6. The van der Waals surface area contributed by atoms with Crippen molar-refractivity contribution in [2.45, 2.75) is 20.4 Å². The van der Waals surface area contributed by atoms with Crippen LogP contribution in [0.2, 0.25) is 0 Å². The van der Waals surface area contributed by atoms with Crippen molar-refractivity contribution in [3.63, 3.8) is 0 Å². The molecule has 1 heterocycles. The predicted octanol–water partition coefficient (Wildman–Crippen LogP) is 1.54. The molecule has 1 amide bonds. The summed E-state index contributed by atoms with van der Waals surface area (Å²) in [6.07, 6.45) is 2.29. The normalized spacial score (nSPS) is 11.6. The highest BCUT2D eigenvalue weighted by atomic mass is 16.5. The number of aryl methyl sites for hydroxylation is 2. The van der Waals surface area contributed by atoms with Crippen molar-refractivity contribution in [3.8, 4) is 0 Å². The fraction of sp³-hybridized carbons (Fsp3) is 0.300. The Bertz CT molecular complexity index is 531. The second-order valence-electron chi connectivity index (χ2n) is 3.39. The SMILES string of the molecule is Cc1noc(C)c1CN=CC(=CN)C(=O)N=[N+]=[N-]. The molecule has 0 aromatic carbocycles. The standard InChI is InChI=1S/C10H12N6O2/c1-6-9(7(2)18-15-6)5-13-4-8(3-11)10(17)14-16-12/h3-4H,5,11H2,1-2H3. The maximum absolute atomic E-state index is 11.2. The molecule has 18 heavy (non-hydrogen) atoms. The van der Waals surface area contributed by atoms with E-state index in [2.05, 4.69) is 20.2 Å². The highest BCUT2D eigenvalue weighted by Crippen LogP contribution is 2.13. The molecular formula is C10H12N6O2. The summed E-state index contributed by atoms with van der Waals surface area (Å²) >= 11 is 0. The Kier molecular flexibility index (Phi) is 4.65. The van der Waals surface area contributed by atoms with E-state index in [9.17, 15) is 4.79 Å². The van der Waals surface area contributed by atoms with Crippen LogP contribution in [0.4, 0.5) is 0 Å². The van der Waals surface area contributed by atoms with Gasteiger partial charge in [0.05, 0.1) is 17.8 Å². The molecule has 0 radical (unpaired) electrons. The largest absolute Gasteiger partial charge is 0.404 e. The molecule has 0 aliphatic heterocycles. The molecule has 0 fully saturated rings. The van der Waals surface area contributed by atoms with Gasteiger partial charge < -0.3 is 10.3 Å². The summed E-state index contributed by atoms with van der Waals surface area (Å²) in [7, 11) is 0. The third-order valence-electron chi connectivity index (χ3n) is 2.22. The van der Waals surface area contributed by atoms with Crippen LogP contribution < -0.4 is 5.73 Å². The Morgan fingerprint density at radius 1 is 1.61 bits per heavy atom. The molecule has 0 atom stereocenters. The Morgan fingerprint density at radius 3 is 2.83 bits per heavy atom. The minimum Gasteiger partial charge on any atom is -0.404 e. The first kappa shape index (κ1) is 13.5. The number of hydrogen-bond acceptors (Lipinski definition) is 5. The third kappa shape index (κ3) is 3.19. The van der Waals surface area contributed by atoms with Gasteiger partial charge in [-0.3, -0.25) is 9.79 Å². The second-order valence-corrected chi connectivity index (χ2v) is 3.39. The lowest BCUT2D eigenvalue weighted by Crippen LogP contribution is -2.02. The van der Waals surface area contributed by atoms with Crippen molar-refractivity contribution in [3.05, 3.63) is 39.2 Å². The van der Waals surface area contributed by atoms with Gasteiger partial charge >= 0.3 is 0 Å². The van der Waals surface area contributed by atoms with Gasteiger partial charge in [-0.2, -0.15) is 0 Å². The molecule has 2 N–H and O–H groups in total. The summed E-state index contributed by atoms with van der Waals surface area (Å²) in [5.74, 6) is -0.105. The zero-order chi connectivity index (χ0) is 13.5. The maximum atomic E-state index is 11.2. The van der Waals surface area contributed by atoms with E-state index in [4.69, 9.17) is 15.8 Å². The van der Waals surface area contributed by atoms with E-state index in [-0.39, 0.29) is 5.57 Å². The number of aromatic nitrogens is 1. The van der Waals surface area contributed by atoms with E-state index in [0.29, 0.717) is 12.3 Å². The van der Waals surface area contributed by atoms with E-state index in [1.54, 1.807) is 13.8 Å². The van der Waals surface area contributed by atoms with Gasteiger partial charge in [0.15, 0.2) is 0 Å². The second kappa shape index (κ2) is 6.21. The topological polar surface area (TPSA) is 130 Å². The van der Waals surface area contributed by atoms with Crippen molar-refractivity contribution >= 4 is 12.1 Å². The van der Waals surface area contributed by atoms with Crippen molar-refractivity contribution < 1.29 is 9.32 Å². The molecule has 0 aliphatic carbocycles. The first-order valence-corrected chi connectivity index (χ1v) is 5.03. The average Bonchev–Trinajstić information content (AvgIpc) is 2.66. The molecule has 8 heteroatoms. The lowest BCUT2D eigenvalue weighted by molar-refractivity contribution is -0.114. The predicted molar refractivity (Wildman–Crippen MR) is 64.6 cm³/mol. The van der Waals surface area contributed by atoms with E-state index < -0.39 is 5.91 Å². The average molecular weight is 248 g/mol. The smallest absolute Gasteiger partial charge is 0.252 e. The zero-order valence-electron chi connectivity index (χ0n) is 9.99. The van der Waals surface area contributed by atoms with Gasteiger partial charge in [-0.25, -0.2) is 0 Å². The minimum atomic E-state index is -0.775. The van der Waals surface area contributed by atoms with Crippen LogP contribution in [0, 0.1) is 13.8 Å². The first-order valence-electron chi connectivity index (χ1n) is 5.03. The number of nitrogens with two attached hydrogens (primary N) is 1. The molecular weight excluding hydrogens is 236 g/mol. The van der Waals surface area contributed by atoms with Crippen LogP contribution in [0.15, 0.2) is 26.4 Å². The fourth-order valence-corrected chi connectivity index (χ4v) is 1.23. The monoisotopic (exact) mass is 248 g/mol. The Hall–Kier alpha value is -2.60. The van der Waals surface area contributed by atoms with Crippen LogP contribution in [0.5, 0.6) is 0 Å². The number of azide groups is 1.